The molecule has 0 bridgehead atoms. The molecule has 0 aliphatic carbocycles. The third kappa shape index (κ3) is 3.24. The second kappa shape index (κ2) is 6.81. The zero-order valence-electron chi connectivity index (χ0n) is 13.3. The van der Waals surface area contributed by atoms with E-state index >= 15 is 0 Å². The van der Waals surface area contributed by atoms with Crippen LogP contribution in [0.15, 0.2) is 48.5 Å². The highest BCUT2D eigenvalue weighted by atomic mass is 16.7. The summed E-state index contributed by atoms with van der Waals surface area (Å²) in [4.78, 5) is 0. The standard InChI is InChI=1S/C19H20O5/c20-15(8-6-13-4-2-1-3-5-13)19-23-16-9-7-14(12-17(16)24-19)18-21-10-11-22-18/h1-5,7,9,12,15,18-20H,6,8,10-11H2. The van der Waals surface area contributed by atoms with Crippen LogP contribution in [0.5, 0.6) is 11.5 Å². The molecular weight excluding hydrogens is 308 g/mol. The van der Waals surface area contributed by atoms with Crippen molar-refractivity contribution in [1.82, 2.24) is 0 Å². The van der Waals surface area contributed by atoms with Gasteiger partial charge >= 0.3 is 0 Å². The summed E-state index contributed by atoms with van der Waals surface area (Å²) >= 11 is 0. The Morgan fingerprint density at radius 3 is 2.50 bits per heavy atom. The lowest BCUT2D eigenvalue weighted by atomic mass is 10.1. The summed E-state index contributed by atoms with van der Waals surface area (Å²) in [6, 6.07) is 15.7. The van der Waals surface area contributed by atoms with Crippen molar-refractivity contribution in [3.8, 4) is 11.5 Å². The van der Waals surface area contributed by atoms with Gasteiger partial charge in [-0.2, -0.15) is 0 Å². The van der Waals surface area contributed by atoms with Gasteiger partial charge in [0, 0.05) is 5.56 Å². The number of aryl methyl sites for hydroxylation is 1. The molecule has 2 unspecified atom stereocenters. The fourth-order valence-corrected chi connectivity index (χ4v) is 2.94. The first-order chi connectivity index (χ1) is 11.8. The lowest BCUT2D eigenvalue weighted by Crippen LogP contribution is -2.33. The van der Waals surface area contributed by atoms with Crippen molar-refractivity contribution in [3.63, 3.8) is 0 Å². The molecule has 2 aromatic rings. The number of aliphatic hydroxyl groups is 1. The van der Waals surface area contributed by atoms with E-state index in [-0.39, 0.29) is 6.29 Å². The van der Waals surface area contributed by atoms with Crippen LogP contribution in [0.4, 0.5) is 0 Å². The first-order valence-electron chi connectivity index (χ1n) is 8.22. The van der Waals surface area contributed by atoms with E-state index in [1.807, 2.05) is 48.5 Å². The molecule has 0 saturated carbocycles. The van der Waals surface area contributed by atoms with Crippen LogP contribution in [0.3, 0.4) is 0 Å². The second-order valence-electron chi connectivity index (χ2n) is 5.98. The maximum atomic E-state index is 10.4. The Bertz CT molecular complexity index is 681. The van der Waals surface area contributed by atoms with E-state index in [9.17, 15) is 5.11 Å². The highest BCUT2D eigenvalue weighted by molar-refractivity contribution is 5.45. The number of ether oxygens (including phenoxy) is 4. The Hall–Kier alpha value is -2.08. The fraction of sp³-hybridized carbons (Fsp3) is 0.368. The molecule has 2 heterocycles. The molecule has 2 atom stereocenters. The van der Waals surface area contributed by atoms with Crippen molar-refractivity contribution in [2.75, 3.05) is 13.2 Å². The van der Waals surface area contributed by atoms with Crippen LogP contribution >= 0.6 is 0 Å². The SMILES string of the molecule is OC(CCc1ccccc1)C1Oc2ccc(C3OCCO3)cc2O1. The Kier molecular flexibility index (Phi) is 4.38. The van der Waals surface area contributed by atoms with Gasteiger partial charge in [-0.3, -0.25) is 0 Å². The summed E-state index contributed by atoms with van der Waals surface area (Å²) in [5.41, 5.74) is 2.08. The predicted molar refractivity (Wildman–Crippen MR) is 86.9 cm³/mol. The van der Waals surface area contributed by atoms with Gasteiger partial charge in [-0.15, -0.1) is 0 Å². The number of rotatable bonds is 5. The molecule has 2 aliphatic rings. The van der Waals surface area contributed by atoms with E-state index in [2.05, 4.69) is 0 Å². The third-order valence-electron chi connectivity index (χ3n) is 4.23. The number of fused-ring (bicyclic) bond motifs is 1. The predicted octanol–water partition coefficient (Wildman–Crippen LogP) is 2.82. The molecule has 2 aromatic carbocycles. The van der Waals surface area contributed by atoms with Crippen LogP contribution in [0.1, 0.15) is 23.8 Å². The van der Waals surface area contributed by atoms with Gasteiger partial charge in [-0.1, -0.05) is 30.3 Å². The summed E-state index contributed by atoms with van der Waals surface area (Å²) in [5, 5.41) is 10.4. The van der Waals surface area contributed by atoms with Gasteiger partial charge in [-0.05, 0) is 36.6 Å². The van der Waals surface area contributed by atoms with Crippen LogP contribution in [0.2, 0.25) is 0 Å². The molecule has 2 aliphatic heterocycles. The summed E-state index contributed by atoms with van der Waals surface area (Å²) in [6.07, 6.45) is -0.369. The molecule has 1 N–H and O–H groups in total. The Labute approximate surface area is 140 Å². The number of hydrogen-bond acceptors (Lipinski definition) is 5. The van der Waals surface area contributed by atoms with Crippen LogP contribution < -0.4 is 9.47 Å². The fourth-order valence-electron chi connectivity index (χ4n) is 2.94. The zero-order valence-corrected chi connectivity index (χ0v) is 13.3. The maximum Gasteiger partial charge on any atom is 0.267 e. The molecule has 0 radical (unpaired) electrons. The average molecular weight is 328 g/mol. The summed E-state index contributed by atoms with van der Waals surface area (Å²) in [5.74, 6) is 1.26. The molecule has 126 valence electrons. The van der Waals surface area contributed by atoms with Crippen molar-refractivity contribution >= 4 is 0 Å². The smallest absolute Gasteiger partial charge is 0.267 e. The van der Waals surface area contributed by atoms with E-state index in [1.165, 1.54) is 5.56 Å². The van der Waals surface area contributed by atoms with Gasteiger partial charge in [0.2, 0.25) is 0 Å². The molecular formula is C19H20O5. The minimum absolute atomic E-state index is 0.346. The van der Waals surface area contributed by atoms with Gasteiger partial charge in [-0.25, -0.2) is 0 Å². The van der Waals surface area contributed by atoms with Gasteiger partial charge in [0.05, 0.1) is 13.2 Å². The molecule has 0 aromatic heterocycles. The van der Waals surface area contributed by atoms with Crippen LogP contribution in [0.25, 0.3) is 0 Å². The highest BCUT2D eigenvalue weighted by Crippen LogP contribution is 2.39. The normalized spacial score (nSPS) is 21.1. The monoisotopic (exact) mass is 328 g/mol. The topological polar surface area (TPSA) is 57.2 Å². The van der Waals surface area contributed by atoms with E-state index in [0.29, 0.717) is 31.1 Å². The molecule has 1 saturated heterocycles. The Morgan fingerprint density at radius 2 is 1.71 bits per heavy atom. The molecule has 0 amide bonds. The second-order valence-corrected chi connectivity index (χ2v) is 5.98. The molecule has 24 heavy (non-hydrogen) atoms. The van der Waals surface area contributed by atoms with E-state index < -0.39 is 12.4 Å². The minimum Gasteiger partial charge on any atom is -0.448 e. The molecule has 1 fully saturated rings. The van der Waals surface area contributed by atoms with Crippen molar-refractivity contribution in [2.45, 2.75) is 31.5 Å². The Balaban J connectivity index is 1.37. The summed E-state index contributed by atoms with van der Waals surface area (Å²) in [6.45, 7) is 1.19. The number of benzene rings is 2. The summed E-state index contributed by atoms with van der Waals surface area (Å²) in [7, 11) is 0. The lowest BCUT2D eigenvalue weighted by Gasteiger charge is -2.17. The first-order valence-corrected chi connectivity index (χ1v) is 8.22. The van der Waals surface area contributed by atoms with Crippen molar-refractivity contribution in [3.05, 3.63) is 59.7 Å². The first kappa shape index (κ1) is 15.4. The van der Waals surface area contributed by atoms with Crippen LogP contribution in [0, 0.1) is 0 Å². The van der Waals surface area contributed by atoms with Crippen molar-refractivity contribution < 1.29 is 24.1 Å². The lowest BCUT2D eigenvalue weighted by molar-refractivity contribution is -0.0617. The average Bonchev–Trinajstić information content (AvgIpc) is 3.29. The van der Waals surface area contributed by atoms with Gasteiger partial charge in [0.15, 0.2) is 17.8 Å². The largest absolute Gasteiger partial charge is 0.448 e. The Morgan fingerprint density at radius 1 is 0.958 bits per heavy atom. The van der Waals surface area contributed by atoms with Crippen molar-refractivity contribution in [2.24, 2.45) is 0 Å². The van der Waals surface area contributed by atoms with Crippen LogP contribution in [-0.4, -0.2) is 30.7 Å². The molecule has 5 nitrogen and oxygen atoms in total. The number of aliphatic hydroxyl groups excluding tert-OH is 1. The molecule has 5 heteroatoms. The molecule has 4 rings (SSSR count). The van der Waals surface area contributed by atoms with Crippen molar-refractivity contribution in [1.29, 1.82) is 0 Å². The van der Waals surface area contributed by atoms with Crippen LogP contribution in [-0.2, 0) is 15.9 Å². The summed E-state index contributed by atoms with van der Waals surface area (Å²) < 4.78 is 22.5. The van der Waals surface area contributed by atoms with Gasteiger partial charge in [0.25, 0.3) is 6.29 Å². The van der Waals surface area contributed by atoms with E-state index in [1.54, 1.807) is 0 Å². The quantitative estimate of drug-likeness (QED) is 0.915. The van der Waals surface area contributed by atoms with E-state index in [0.717, 1.165) is 12.0 Å². The third-order valence-corrected chi connectivity index (χ3v) is 4.23. The minimum atomic E-state index is -0.694. The maximum absolute atomic E-state index is 10.4. The van der Waals surface area contributed by atoms with Gasteiger partial charge in [0.1, 0.15) is 6.10 Å². The van der Waals surface area contributed by atoms with E-state index in [4.69, 9.17) is 18.9 Å². The zero-order chi connectivity index (χ0) is 16.4. The number of hydrogen-bond donors (Lipinski definition) is 1. The molecule has 0 spiro atoms. The van der Waals surface area contributed by atoms with Gasteiger partial charge < -0.3 is 24.1 Å². The highest BCUT2D eigenvalue weighted by Gasteiger charge is 2.31.